The lowest BCUT2D eigenvalue weighted by molar-refractivity contribution is -0.112. The Kier molecular flexibility index (Phi) is 7.30. The van der Waals surface area contributed by atoms with Crippen LogP contribution in [0.1, 0.15) is 30.8 Å². The van der Waals surface area contributed by atoms with Crippen molar-refractivity contribution in [3.05, 3.63) is 52.9 Å². The fraction of sp³-hybridized carbons (Fsp3) is 0.273. The Balaban J connectivity index is 1.92. The number of ether oxygens (including phenoxy) is 1. The first-order valence-corrected chi connectivity index (χ1v) is 12.6. The van der Waals surface area contributed by atoms with Crippen LogP contribution in [0.2, 0.25) is 0 Å². The molecule has 0 radical (unpaired) electrons. The van der Waals surface area contributed by atoms with Gasteiger partial charge in [0.15, 0.2) is 0 Å². The van der Waals surface area contributed by atoms with Crippen molar-refractivity contribution in [2.45, 2.75) is 32.0 Å². The first-order valence-electron chi connectivity index (χ1n) is 10.1. The number of aromatic nitrogens is 3. The molecule has 0 aliphatic heterocycles. The monoisotopic (exact) mass is 485 g/mol. The zero-order valence-corrected chi connectivity index (χ0v) is 20.2. The Hall–Kier alpha value is -3.49. The number of para-hydroxylation sites is 2. The number of rotatable bonds is 8. The van der Waals surface area contributed by atoms with Crippen molar-refractivity contribution in [1.29, 1.82) is 5.26 Å². The molecule has 0 bridgehead atoms. The van der Waals surface area contributed by atoms with Gasteiger partial charge in [-0.2, -0.15) is 5.26 Å². The van der Waals surface area contributed by atoms with Crippen LogP contribution in [0.4, 0.5) is 5.13 Å². The third-order valence-corrected chi connectivity index (χ3v) is 7.83. The predicted molar refractivity (Wildman–Crippen MR) is 126 cm³/mol. The van der Waals surface area contributed by atoms with Crippen molar-refractivity contribution in [2.24, 2.45) is 0 Å². The van der Waals surface area contributed by atoms with Gasteiger partial charge >= 0.3 is 0 Å². The first-order chi connectivity index (χ1) is 15.7. The molecule has 11 heteroatoms. The molecule has 0 fully saturated rings. The number of hydrogen-bond donors (Lipinski definition) is 1. The summed E-state index contributed by atoms with van der Waals surface area (Å²) in [5, 5.41) is 19.3. The van der Waals surface area contributed by atoms with E-state index < -0.39 is 15.7 Å². The molecule has 33 heavy (non-hydrogen) atoms. The Morgan fingerprint density at radius 1 is 1.27 bits per heavy atom. The number of carbonyl (C=O) groups is 1. The van der Waals surface area contributed by atoms with E-state index >= 15 is 0 Å². The second-order valence-electron chi connectivity index (χ2n) is 6.96. The van der Waals surface area contributed by atoms with Crippen LogP contribution < -0.4 is 10.1 Å². The summed E-state index contributed by atoms with van der Waals surface area (Å²) in [5.41, 5.74) is 3.13. The fourth-order valence-electron chi connectivity index (χ4n) is 3.20. The van der Waals surface area contributed by atoms with E-state index in [2.05, 4.69) is 15.5 Å². The minimum Gasteiger partial charge on any atom is -0.492 e. The van der Waals surface area contributed by atoms with E-state index in [0.717, 1.165) is 34.2 Å². The first kappa shape index (κ1) is 24.2. The largest absolute Gasteiger partial charge is 0.492 e. The van der Waals surface area contributed by atoms with Gasteiger partial charge in [-0.1, -0.05) is 30.4 Å². The number of benzene rings is 1. The number of sulfone groups is 1. The molecule has 172 valence electrons. The minimum absolute atomic E-state index is 0.00397. The predicted octanol–water partition coefficient (Wildman–Crippen LogP) is 3.68. The van der Waals surface area contributed by atoms with Gasteiger partial charge < -0.3 is 9.30 Å². The van der Waals surface area contributed by atoms with Crippen molar-refractivity contribution in [3.8, 4) is 17.5 Å². The molecule has 1 aromatic carbocycles. The van der Waals surface area contributed by atoms with Gasteiger partial charge in [-0.25, -0.2) is 8.42 Å². The molecule has 1 N–H and O–H groups in total. The molecule has 0 unspecified atom stereocenters. The summed E-state index contributed by atoms with van der Waals surface area (Å²) in [6.45, 7) is 7.75. The number of anilines is 1. The van der Waals surface area contributed by atoms with E-state index in [1.807, 2.05) is 61.7 Å². The van der Waals surface area contributed by atoms with Gasteiger partial charge in [0, 0.05) is 11.4 Å². The van der Waals surface area contributed by atoms with Gasteiger partial charge in [-0.15, -0.1) is 10.2 Å². The second-order valence-corrected chi connectivity index (χ2v) is 10.4. The van der Waals surface area contributed by atoms with Crippen molar-refractivity contribution in [3.63, 3.8) is 0 Å². The molecular formula is C22H23N5O4S2. The topological polar surface area (TPSA) is 127 Å². The maximum absolute atomic E-state index is 12.6. The van der Waals surface area contributed by atoms with Crippen molar-refractivity contribution in [2.75, 3.05) is 17.7 Å². The van der Waals surface area contributed by atoms with Crippen LogP contribution in [-0.4, -0.2) is 41.4 Å². The van der Waals surface area contributed by atoms with E-state index in [0.29, 0.717) is 12.2 Å². The summed E-state index contributed by atoms with van der Waals surface area (Å²) in [4.78, 5) is 12.6. The summed E-state index contributed by atoms with van der Waals surface area (Å²) in [6, 6.07) is 11.4. The van der Waals surface area contributed by atoms with Crippen LogP contribution in [-0.2, 0) is 14.6 Å². The standard InChI is InChI=1S/C22H23N5O4S2/c1-5-31-19-10-8-7-9-18(19)27-14(3)11-16(15(27)4)12-17(13-23)20(28)24-21-25-26-22(32-21)33(29,30)6-2/h7-12H,5-6H2,1-4H3,(H,24,25,28). The summed E-state index contributed by atoms with van der Waals surface area (Å²) in [5.74, 6) is -0.0978. The molecule has 0 spiro atoms. The number of nitrogens with zero attached hydrogens (tertiary/aromatic N) is 4. The van der Waals surface area contributed by atoms with Crippen LogP contribution in [0.3, 0.4) is 0 Å². The third kappa shape index (κ3) is 5.13. The highest BCUT2D eigenvalue weighted by atomic mass is 32.2. The molecular weight excluding hydrogens is 462 g/mol. The zero-order valence-electron chi connectivity index (χ0n) is 18.6. The summed E-state index contributed by atoms with van der Waals surface area (Å²) in [7, 11) is -3.53. The molecule has 0 saturated carbocycles. The van der Waals surface area contributed by atoms with Crippen LogP contribution in [0.5, 0.6) is 5.75 Å². The molecule has 2 aromatic heterocycles. The SMILES string of the molecule is CCOc1ccccc1-n1c(C)cc(C=C(C#N)C(=O)Nc2nnc(S(=O)(=O)CC)s2)c1C. The lowest BCUT2D eigenvalue weighted by Crippen LogP contribution is -2.13. The van der Waals surface area contributed by atoms with Crippen LogP contribution in [0.15, 0.2) is 40.2 Å². The lowest BCUT2D eigenvalue weighted by atomic mass is 10.1. The van der Waals surface area contributed by atoms with E-state index in [1.165, 1.54) is 13.0 Å². The van der Waals surface area contributed by atoms with E-state index in [4.69, 9.17) is 4.74 Å². The normalized spacial score (nSPS) is 11.8. The van der Waals surface area contributed by atoms with Crippen molar-refractivity contribution < 1.29 is 17.9 Å². The number of carbonyl (C=O) groups excluding carboxylic acids is 1. The molecule has 3 aromatic rings. The van der Waals surface area contributed by atoms with Gasteiger partial charge in [0.05, 0.1) is 18.0 Å². The number of nitriles is 1. The number of aryl methyl sites for hydroxylation is 1. The van der Waals surface area contributed by atoms with E-state index in [-0.39, 0.29) is 20.8 Å². The van der Waals surface area contributed by atoms with Gasteiger partial charge in [-0.3, -0.25) is 10.1 Å². The van der Waals surface area contributed by atoms with E-state index in [1.54, 1.807) is 0 Å². The second kappa shape index (κ2) is 9.97. The number of nitrogens with one attached hydrogen (secondary N) is 1. The zero-order chi connectivity index (χ0) is 24.2. The molecule has 1 amide bonds. The van der Waals surface area contributed by atoms with Crippen LogP contribution in [0.25, 0.3) is 11.8 Å². The Morgan fingerprint density at radius 3 is 2.67 bits per heavy atom. The highest BCUT2D eigenvalue weighted by Crippen LogP contribution is 2.29. The molecule has 0 saturated heterocycles. The third-order valence-electron chi connectivity index (χ3n) is 4.81. The Bertz CT molecular complexity index is 1360. The summed E-state index contributed by atoms with van der Waals surface area (Å²) < 4.78 is 31.4. The summed E-state index contributed by atoms with van der Waals surface area (Å²) in [6.07, 6.45) is 1.49. The average molecular weight is 486 g/mol. The van der Waals surface area contributed by atoms with Gasteiger partial charge in [0.1, 0.15) is 17.4 Å². The number of hydrogen-bond acceptors (Lipinski definition) is 8. The quantitative estimate of drug-likeness (QED) is 0.293. The lowest BCUT2D eigenvalue weighted by Gasteiger charge is -2.14. The van der Waals surface area contributed by atoms with Crippen molar-refractivity contribution >= 4 is 38.3 Å². The van der Waals surface area contributed by atoms with Gasteiger partial charge in [0.2, 0.25) is 19.3 Å². The Labute approximate surface area is 196 Å². The minimum atomic E-state index is -3.53. The highest BCUT2D eigenvalue weighted by molar-refractivity contribution is 7.93. The maximum atomic E-state index is 12.6. The molecule has 0 atom stereocenters. The smallest absolute Gasteiger partial charge is 0.268 e. The van der Waals surface area contributed by atoms with E-state index in [9.17, 15) is 18.5 Å². The van der Waals surface area contributed by atoms with Gasteiger partial charge in [-0.05, 0) is 50.6 Å². The molecule has 2 heterocycles. The highest BCUT2D eigenvalue weighted by Gasteiger charge is 2.20. The molecule has 3 rings (SSSR count). The fourth-order valence-corrected chi connectivity index (χ4v) is 5.18. The molecule has 0 aliphatic carbocycles. The number of amides is 1. The average Bonchev–Trinajstić information content (AvgIpc) is 3.37. The molecule has 9 nitrogen and oxygen atoms in total. The summed E-state index contributed by atoms with van der Waals surface area (Å²) >= 11 is 0.743. The van der Waals surface area contributed by atoms with Crippen LogP contribution in [0, 0.1) is 25.2 Å². The Morgan fingerprint density at radius 2 is 2.00 bits per heavy atom. The van der Waals surface area contributed by atoms with Gasteiger partial charge in [0.25, 0.3) is 5.91 Å². The maximum Gasteiger partial charge on any atom is 0.268 e. The van der Waals surface area contributed by atoms with Crippen molar-refractivity contribution in [1.82, 2.24) is 14.8 Å². The van der Waals surface area contributed by atoms with Crippen LogP contribution >= 0.6 is 11.3 Å². The molecule has 0 aliphatic rings.